The molecule has 0 unspecified atom stereocenters. The van der Waals surface area contributed by atoms with Crippen LogP contribution in [0.5, 0.6) is 0 Å². The molecule has 0 N–H and O–H groups in total. The molecule has 1 aliphatic rings. The molecule has 6 aromatic rings. The van der Waals surface area contributed by atoms with Crippen LogP contribution in [0, 0.1) is 18.8 Å². The third-order valence-corrected chi connectivity index (χ3v) is 8.16. The molecule has 1 saturated heterocycles. The zero-order valence-corrected chi connectivity index (χ0v) is 27.3. The van der Waals surface area contributed by atoms with Gasteiger partial charge in [0.25, 0.3) is 0 Å². The minimum absolute atomic E-state index is 0.353. The number of rotatable bonds is 5. The zero-order valence-electron chi connectivity index (χ0n) is 24.4. The van der Waals surface area contributed by atoms with Gasteiger partial charge in [0.15, 0.2) is 0 Å². The molecule has 0 radical (unpaired) electrons. The molecule has 43 heavy (non-hydrogen) atoms. The molecule has 0 aliphatic carbocycles. The van der Waals surface area contributed by atoms with Crippen molar-refractivity contribution in [2.45, 2.75) is 25.9 Å². The molecule has 4 heteroatoms. The molecule has 2 nitrogen and oxygen atoms in total. The van der Waals surface area contributed by atoms with Gasteiger partial charge in [-0.3, -0.25) is 0 Å². The Kier molecular flexibility index (Phi) is 11.3. The molecule has 222 valence electrons. The van der Waals surface area contributed by atoms with Crippen LogP contribution in [0.2, 0.25) is 0 Å². The summed E-state index contributed by atoms with van der Waals surface area (Å²) in [4.78, 5) is 4.98. The van der Waals surface area contributed by atoms with E-state index in [-0.39, 0.29) is 0 Å². The molecule has 2 atom stereocenters. The average molecular weight is 764 g/mol. The second-order valence-corrected chi connectivity index (χ2v) is 10.6. The van der Waals surface area contributed by atoms with E-state index in [4.69, 9.17) is 0 Å². The normalized spacial score (nSPS) is 14.8. The van der Waals surface area contributed by atoms with Crippen molar-refractivity contribution in [3.8, 4) is 11.1 Å². The average Bonchev–Trinajstić information content (AvgIpc) is 3.60. The van der Waals surface area contributed by atoms with Crippen molar-refractivity contribution in [2.24, 2.45) is 0 Å². The molecule has 0 bridgehead atoms. The Morgan fingerprint density at radius 2 is 0.953 bits per heavy atom. The molecule has 1 aliphatic heterocycles. The zero-order chi connectivity index (χ0) is 30.0. The number of hydrogen-bond acceptors (Lipinski definition) is 2. The fourth-order valence-electron chi connectivity index (χ4n) is 5.83. The van der Waals surface area contributed by atoms with E-state index in [9.17, 15) is 0 Å². The Labute approximate surface area is 272 Å². The molecule has 1 fully saturated rings. The molecule has 7 rings (SSSR count). The number of nitrogens with zero attached hydrogens (tertiary/aromatic N) is 2. The standard InChI is InChI=1S/C27H27N2.C12H8.Au.ClH/c1-20(24-15-7-11-22-9-3-5-13-26(22)24)28-17-18-29(19-28)21(2)25-16-8-12-23-10-4-6-14-27(23)25;1-3-7-11(8-4-1)12-9-5-2-6-10-12;;/h3-16,19-21H,17-18H2,1-2H3;1-7,9H;;1H/q-1;-2;+1;/p-1/t20-,21-;;;/m1.../s1. The van der Waals surface area contributed by atoms with Crippen LogP contribution >= 0.6 is 9.19 Å². The molecular weight excluding hydrogens is 729 g/mol. The summed E-state index contributed by atoms with van der Waals surface area (Å²) < 4.78 is 0. The summed E-state index contributed by atoms with van der Waals surface area (Å²) >= 11 is 1.75. The molecule has 0 spiro atoms. The summed E-state index contributed by atoms with van der Waals surface area (Å²) in [6.45, 7) is 9.10. The van der Waals surface area contributed by atoms with Gasteiger partial charge in [0.05, 0.1) is 0 Å². The van der Waals surface area contributed by atoms with Gasteiger partial charge in [-0.15, -0.1) is 12.1 Å². The number of halogens is 1. The van der Waals surface area contributed by atoms with Crippen LogP contribution in [0.4, 0.5) is 0 Å². The van der Waals surface area contributed by atoms with Gasteiger partial charge in [-0.05, 0) is 59.6 Å². The monoisotopic (exact) mass is 763 g/mol. The van der Waals surface area contributed by atoms with Gasteiger partial charge in [0, 0.05) is 12.1 Å². The van der Waals surface area contributed by atoms with Gasteiger partial charge in [-0.25, -0.2) is 17.8 Å². The first-order valence-electron chi connectivity index (χ1n) is 14.6. The molecule has 0 aromatic heterocycles. The second kappa shape index (κ2) is 15.5. The number of fused-ring (bicyclic) bond motifs is 2. The molecule has 6 aromatic carbocycles. The van der Waals surface area contributed by atoms with Crippen molar-refractivity contribution >= 4 is 30.7 Å². The maximum Gasteiger partial charge on any atom is -0.144 e. The van der Waals surface area contributed by atoms with E-state index >= 15 is 0 Å². The molecule has 1 heterocycles. The molecular formula is C39H35AuClN2-3. The fraction of sp³-hybridized carbons (Fsp3) is 0.154. The summed E-state index contributed by atoms with van der Waals surface area (Å²) in [7, 11) is 4.58. The Morgan fingerprint density at radius 1 is 0.558 bits per heavy atom. The van der Waals surface area contributed by atoms with Crippen LogP contribution in [-0.2, 0) is 20.0 Å². The maximum atomic E-state index is 4.58. The number of hydrogen-bond donors (Lipinski definition) is 0. The Balaban J connectivity index is 0.000000219. The Bertz CT molecular complexity index is 1580. The van der Waals surface area contributed by atoms with Crippen molar-refractivity contribution in [2.75, 3.05) is 13.1 Å². The van der Waals surface area contributed by atoms with Crippen molar-refractivity contribution in [1.82, 2.24) is 9.80 Å². The fourth-order valence-corrected chi connectivity index (χ4v) is 5.83. The first-order chi connectivity index (χ1) is 21.2. The Morgan fingerprint density at radius 3 is 1.37 bits per heavy atom. The summed E-state index contributed by atoms with van der Waals surface area (Å²) in [6.07, 6.45) is 0. The maximum absolute atomic E-state index is 4.58. The summed E-state index contributed by atoms with van der Waals surface area (Å²) in [5.74, 6) is 0. The van der Waals surface area contributed by atoms with E-state index in [0.29, 0.717) is 12.1 Å². The SMILES string of the molecule is C[C@H](c1cccc2ccccc12)N1[CH-]N([C@H](C)c2cccc3ccccc23)CC1.[Cl][Au].[c-]1ccccc1-c1[c-]cccc1. The van der Waals surface area contributed by atoms with Crippen molar-refractivity contribution in [3.63, 3.8) is 0 Å². The summed E-state index contributed by atoms with van der Waals surface area (Å²) in [5.41, 5.74) is 4.99. The summed E-state index contributed by atoms with van der Waals surface area (Å²) in [6, 6.07) is 53.6. The molecule has 0 saturated carbocycles. The third kappa shape index (κ3) is 7.48. The van der Waals surface area contributed by atoms with Crippen LogP contribution < -0.4 is 0 Å². The van der Waals surface area contributed by atoms with Crippen LogP contribution in [0.1, 0.15) is 37.1 Å². The minimum Gasteiger partial charge on any atom is -0.226 e. The van der Waals surface area contributed by atoms with Gasteiger partial charge in [-0.1, -0.05) is 84.9 Å². The van der Waals surface area contributed by atoms with E-state index in [1.54, 1.807) is 20.0 Å². The van der Waals surface area contributed by atoms with Gasteiger partial charge in [0.1, 0.15) is 0 Å². The van der Waals surface area contributed by atoms with Gasteiger partial charge < -0.3 is 9.80 Å². The van der Waals surface area contributed by atoms with E-state index in [1.807, 2.05) is 48.5 Å². The molecule has 0 amide bonds. The van der Waals surface area contributed by atoms with Crippen LogP contribution in [-0.4, -0.2) is 22.9 Å². The van der Waals surface area contributed by atoms with Gasteiger partial charge >= 0.3 is 29.2 Å². The van der Waals surface area contributed by atoms with E-state index in [2.05, 4.69) is 137 Å². The summed E-state index contributed by atoms with van der Waals surface area (Å²) in [5, 5.41) is 5.35. The third-order valence-electron chi connectivity index (χ3n) is 8.16. The van der Waals surface area contributed by atoms with Crippen molar-refractivity contribution in [1.29, 1.82) is 0 Å². The quantitative estimate of drug-likeness (QED) is 0.127. The van der Waals surface area contributed by atoms with Crippen molar-refractivity contribution in [3.05, 3.63) is 163 Å². The minimum atomic E-state index is 0.353. The Hall–Kier alpha value is -3.21. The largest absolute Gasteiger partial charge is 0.226 e. The van der Waals surface area contributed by atoms with Crippen LogP contribution in [0.3, 0.4) is 0 Å². The van der Waals surface area contributed by atoms with Gasteiger partial charge in [0.2, 0.25) is 0 Å². The smallest absolute Gasteiger partial charge is 0.144 e. The predicted octanol–water partition coefficient (Wildman–Crippen LogP) is 10.2. The topological polar surface area (TPSA) is 6.48 Å². The second-order valence-electron chi connectivity index (χ2n) is 10.6. The van der Waals surface area contributed by atoms with Gasteiger partial charge in [-0.2, -0.15) is 48.5 Å². The van der Waals surface area contributed by atoms with E-state index in [1.165, 1.54) is 32.7 Å². The van der Waals surface area contributed by atoms with E-state index < -0.39 is 0 Å². The van der Waals surface area contributed by atoms with Crippen LogP contribution in [0.15, 0.2) is 133 Å². The van der Waals surface area contributed by atoms with Crippen molar-refractivity contribution < 1.29 is 20.0 Å². The predicted molar refractivity (Wildman–Crippen MR) is 178 cm³/mol. The van der Waals surface area contributed by atoms with Crippen LogP contribution in [0.25, 0.3) is 32.7 Å². The number of benzene rings is 6. The first kappa shape index (κ1) is 31.2. The first-order valence-corrected chi connectivity index (χ1v) is 17.2. The van der Waals surface area contributed by atoms with E-state index in [0.717, 1.165) is 24.2 Å².